The van der Waals surface area contributed by atoms with Crippen molar-refractivity contribution in [1.29, 1.82) is 0 Å². The highest BCUT2D eigenvalue weighted by molar-refractivity contribution is 5.78. The highest BCUT2D eigenvalue weighted by atomic mass is 19.1. The van der Waals surface area contributed by atoms with Crippen LogP contribution in [0.4, 0.5) is 10.2 Å². The van der Waals surface area contributed by atoms with Gasteiger partial charge in [0, 0.05) is 42.7 Å². The number of nitrogens with zero attached hydrogens (tertiary/aromatic N) is 4. The molecule has 0 radical (unpaired) electrons. The Kier molecular flexibility index (Phi) is 3.41. The van der Waals surface area contributed by atoms with Gasteiger partial charge in [-0.05, 0) is 25.0 Å². The van der Waals surface area contributed by atoms with E-state index in [1.807, 2.05) is 12.1 Å². The van der Waals surface area contributed by atoms with Crippen LogP contribution < -0.4 is 10.2 Å². The monoisotopic (exact) mass is 351 g/mol. The largest absolute Gasteiger partial charge is 0.354 e. The summed E-state index contributed by atoms with van der Waals surface area (Å²) in [5, 5.41) is 7.40. The fourth-order valence-corrected chi connectivity index (χ4v) is 4.14. The highest BCUT2D eigenvalue weighted by Crippen LogP contribution is 2.35. The van der Waals surface area contributed by atoms with E-state index in [9.17, 15) is 9.18 Å². The molecule has 4 heterocycles. The molecule has 5 rings (SSSR count). The standard InChI is InChI=1S/C19H18FN5O/c20-15-4-2-1-3-14(15)16-10-19(25-17(23-16)7-8-22-25)24-12-5-6-13(24)11-21-18(26)9-12/h1-4,7-8,10,12-13H,5-6,9,11H2,(H,21,26)/t12-,13+/m0/s1. The summed E-state index contributed by atoms with van der Waals surface area (Å²) in [5.74, 6) is 0.648. The number of rotatable bonds is 2. The smallest absolute Gasteiger partial charge is 0.222 e. The Bertz CT molecular complexity index is 1000. The molecular weight excluding hydrogens is 333 g/mol. The number of anilines is 1. The van der Waals surface area contributed by atoms with Crippen molar-refractivity contribution >= 4 is 17.4 Å². The topological polar surface area (TPSA) is 62.5 Å². The highest BCUT2D eigenvalue weighted by Gasteiger charge is 2.39. The number of halogens is 1. The predicted octanol–water partition coefficient (Wildman–Crippen LogP) is 2.39. The van der Waals surface area contributed by atoms with Gasteiger partial charge in [-0.2, -0.15) is 9.61 Å². The lowest BCUT2D eigenvalue weighted by atomic mass is 10.1. The second-order valence-electron chi connectivity index (χ2n) is 6.88. The molecule has 2 atom stereocenters. The van der Waals surface area contributed by atoms with Gasteiger partial charge in [-0.1, -0.05) is 12.1 Å². The molecular formula is C19H18FN5O. The first-order valence-corrected chi connectivity index (χ1v) is 8.85. The Morgan fingerprint density at radius 3 is 2.88 bits per heavy atom. The third-order valence-electron chi connectivity index (χ3n) is 5.33. The van der Waals surface area contributed by atoms with Crippen LogP contribution in [-0.2, 0) is 4.79 Å². The van der Waals surface area contributed by atoms with Crippen LogP contribution >= 0.6 is 0 Å². The van der Waals surface area contributed by atoms with Gasteiger partial charge in [0.2, 0.25) is 5.91 Å². The summed E-state index contributed by atoms with van der Waals surface area (Å²) in [7, 11) is 0. The Morgan fingerprint density at radius 1 is 1.15 bits per heavy atom. The molecule has 1 aromatic carbocycles. The molecule has 0 saturated carbocycles. The molecule has 2 aliphatic rings. The van der Waals surface area contributed by atoms with Crippen molar-refractivity contribution in [1.82, 2.24) is 19.9 Å². The number of carbonyl (C=O) groups excluding carboxylic acids is 1. The number of aromatic nitrogens is 3. The summed E-state index contributed by atoms with van der Waals surface area (Å²) in [6.45, 7) is 0.620. The van der Waals surface area contributed by atoms with E-state index in [1.165, 1.54) is 6.07 Å². The van der Waals surface area contributed by atoms with Gasteiger partial charge in [0.15, 0.2) is 5.65 Å². The summed E-state index contributed by atoms with van der Waals surface area (Å²) in [4.78, 5) is 18.8. The summed E-state index contributed by atoms with van der Waals surface area (Å²) in [6, 6.07) is 10.7. The molecule has 2 bridgehead atoms. The molecule has 0 unspecified atom stereocenters. The molecule has 2 aromatic heterocycles. The van der Waals surface area contributed by atoms with E-state index in [2.05, 4.69) is 20.3 Å². The molecule has 2 saturated heterocycles. The molecule has 0 aliphatic carbocycles. The van der Waals surface area contributed by atoms with Gasteiger partial charge in [-0.15, -0.1) is 0 Å². The molecule has 3 aromatic rings. The summed E-state index contributed by atoms with van der Waals surface area (Å²) >= 11 is 0. The van der Waals surface area contributed by atoms with Crippen LogP contribution in [-0.4, -0.2) is 39.1 Å². The minimum Gasteiger partial charge on any atom is -0.354 e. The predicted molar refractivity (Wildman–Crippen MR) is 95.3 cm³/mol. The van der Waals surface area contributed by atoms with E-state index in [1.54, 1.807) is 28.9 Å². The zero-order chi connectivity index (χ0) is 17.7. The van der Waals surface area contributed by atoms with E-state index in [0.29, 0.717) is 29.9 Å². The summed E-state index contributed by atoms with van der Waals surface area (Å²) in [6.07, 6.45) is 4.15. The van der Waals surface area contributed by atoms with E-state index in [-0.39, 0.29) is 23.8 Å². The second kappa shape index (κ2) is 5.79. The summed E-state index contributed by atoms with van der Waals surface area (Å²) < 4.78 is 16.1. The molecule has 132 valence electrons. The zero-order valence-electron chi connectivity index (χ0n) is 14.1. The van der Waals surface area contributed by atoms with Gasteiger partial charge < -0.3 is 10.2 Å². The van der Waals surface area contributed by atoms with Gasteiger partial charge in [0.05, 0.1) is 11.9 Å². The average molecular weight is 351 g/mol. The first-order valence-electron chi connectivity index (χ1n) is 8.85. The van der Waals surface area contributed by atoms with Gasteiger partial charge >= 0.3 is 0 Å². The van der Waals surface area contributed by atoms with Crippen LogP contribution in [0.15, 0.2) is 42.6 Å². The molecule has 1 N–H and O–H groups in total. The van der Waals surface area contributed by atoms with Gasteiger partial charge in [-0.3, -0.25) is 4.79 Å². The third-order valence-corrected chi connectivity index (χ3v) is 5.33. The zero-order valence-corrected chi connectivity index (χ0v) is 14.1. The normalized spacial score (nSPS) is 22.5. The van der Waals surface area contributed by atoms with E-state index in [4.69, 9.17) is 0 Å². The van der Waals surface area contributed by atoms with Crippen molar-refractivity contribution in [3.05, 3.63) is 48.4 Å². The van der Waals surface area contributed by atoms with Gasteiger partial charge in [0.25, 0.3) is 0 Å². The fourth-order valence-electron chi connectivity index (χ4n) is 4.14. The molecule has 2 fully saturated rings. The molecule has 0 spiro atoms. The fraction of sp³-hybridized carbons (Fsp3) is 0.316. The molecule has 2 aliphatic heterocycles. The van der Waals surface area contributed by atoms with Gasteiger partial charge in [-0.25, -0.2) is 9.37 Å². The first kappa shape index (κ1) is 15.3. The number of amides is 1. The number of nitrogens with one attached hydrogen (secondary N) is 1. The number of fused-ring (bicyclic) bond motifs is 3. The van der Waals surface area contributed by atoms with Crippen molar-refractivity contribution in [3.63, 3.8) is 0 Å². The average Bonchev–Trinajstić information content (AvgIpc) is 3.21. The van der Waals surface area contributed by atoms with Crippen LogP contribution in [0.2, 0.25) is 0 Å². The van der Waals surface area contributed by atoms with Crippen LogP contribution in [0.1, 0.15) is 19.3 Å². The SMILES string of the molecule is O=C1C[C@@H]2CC[C@H](CN1)N2c1cc(-c2ccccc2F)nc2ccnn12. The van der Waals surface area contributed by atoms with Crippen molar-refractivity contribution < 1.29 is 9.18 Å². The lowest BCUT2D eigenvalue weighted by molar-refractivity contribution is -0.121. The number of benzene rings is 1. The van der Waals surface area contributed by atoms with Crippen LogP contribution in [0.3, 0.4) is 0 Å². The molecule has 7 heteroatoms. The Morgan fingerprint density at radius 2 is 2.00 bits per heavy atom. The first-order chi connectivity index (χ1) is 12.7. The van der Waals surface area contributed by atoms with Crippen LogP contribution in [0.5, 0.6) is 0 Å². The van der Waals surface area contributed by atoms with E-state index in [0.717, 1.165) is 18.7 Å². The lowest BCUT2D eigenvalue weighted by Crippen LogP contribution is -2.39. The van der Waals surface area contributed by atoms with Crippen molar-refractivity contribution in [2.75, 3.05) is 11.4 Å². The van der Waals surface area contributed by atoms with Gasteiger partial charge in [0.1, 0.15) is 11.6 Å². The maximum atomic E-state index is 14.3. The van der Waals surface area contributed by atoms with E-state index >= 15 is 0 Å². The molecule has 1 amide bonds. The maximum absolute atomic E-state index is 14.3. The third kappa shape index (κ3) is 2.34. The Hall–Kier alpha value is -2.96. The molecule has 6 nitrogen and oxygen atoms in total. The number of carbonyl (C=O) groups is 1. The Labute approximate surface area is 149 Å². The van der Waals surface area contributed by atoms with Crippen LogP contribution in [0.25, 0.3) is 16.9 Å². The van der Waals surface area contributed by atoms with E-state index < -0.39 is 0 Å². The second-order valence-corrected chi connectivity index (χ2v) is 6.88. The van der Waals surface area contributed by atoms with Crippen molar-refractivity contribution in [2.24, 2.45) is 0 Å². The quantitative estimate of drug-likeness (QED) is 0.770. The summed E-state index contributed by atoms with van der Waals surface area (Å²) in [5.41, 5.74) is 1.71. The van der Waals surface area contributed by atoms with Crippen LogP contribution in [0, 0.1) is 5.82 Å². The maximum Gasteiger partial charge on any atom is 0.222 e. The van der Waals surface area contributed by atoms with Crippen molar-refractivity contribution in [3.8, 4) is 11.3 Å². The number of hydrogen-bond acceptors (Lipinski definition) is 4. The Balaban J connectivity index is 1.69. The minimum absolute atomic E-state index is 0.0855. The minimum atomic E-state index is -0.300. The lowest BCUT2D eigenvalue weighted by Gasteiger charge is -2.30. The molecule has 26 heavy (non-hydrogen) atoms. The van der Waals surface area contributed by atoms with Crippen molar-refractivity contribution in [2.45, 2.75) is 31.3 Å². The number of hydrogen-bond donors (Lipinski definition) is 1.